The zero-order valence-electron chi connectivity index (χ0n) is 2.35. The second-order valence-corrected chi connectivity index (χ2v) is 4.84. The van der Waals surface area contributed by atoms with Gasteiger partial charge < -0.3 is 14.4 Å². The van der Waals surface area contributed by atoms with E-state index in [9.17, 15) is 0 Å². The Morgan fingerprint density at radius 2 is 1.50 bits per heavy atom. The first kappa shape index (κ1) is 10.6. The average molecular weight is 314 g/mol. The van der Waals surface area contributed by atoms with E-state index in [0.29, 0.717) is 0 Å². The van der Waals surface area contributed by atoms with Crippen molar-refractivity contribution < 1.29 is 36.7 Å². The molecule has 6 heavy (non-hydrogen) atoms. The van der Waals surface area contributed by atoms with Gasteiger partial charge in [-0.2, -0.15) is 0 Å². The topological polar surface area (TPSA) is 63.2 Å². The van der Waals surface area contributed by atoms with Gasteiger partial charge in [-0.25, -0.2) is 0 Å². The molecule has 0 bridgehead atoms. The standard InChI is InChI=1S/Ag.H2IO3P/c;1-5(2,3)4/h;(H2,2,3,4)/p-2. The van der Waals surface area contributed by atoms with Gasteiger partial charge in [-0.3, -0.25) is 0 Å². The summed E-state index contributed by atoms with van der Waals surface area (Å²) in [6, 6.07) is 0. The summed E-state index contributed by atoms with van der Waals surface area (Å²) in [5, 5.41) is -4.17. The van der Waals surface area contributed by atoms with E-state index in [1.165, 1.54) is 0 Å². The Hall–Kier alpha value is 1.62. The van der Waals surface area contributed by atoms with E-state index in [2.05, 4.69) is 0 Å². The summed E-state index contributed by atoms with van der Waals surface area (Å²) in [5.41, 5.74) is 0. The number of rotatable bonds is 0. The zero-order chi connectivity index (χ0) is 4.50. The minimum absolute atomic E-state index is 0. The number of hydrogen-bond donors (Lipinski definition) is 0. The van der Waals surface area contributed by atoms with Crippen LogP contribution in [0, 0.1) is 0 Å². The third-order valence-electron chi connectivity index (χ3n) is 0. The van der Waals surface area contributed by atoms with Crippen molar-refractivity contribution in [2.45, 2.75) is 0 Å². The molecule has 0 amide bonds. The molecule has 3 nitrogen and oxygen atoms in total. The summed E-state index contributed by atoms with van der Waals surface area (Å²) >= 11 is 0.822. The monoisotopic (exact) mass is 313 g/mol. The zero-order valence-corrected chi connectivity index (χ0v) is 6.89. The summed E-state index contributed by atoms with van der Waals surface area (Å²) in [6.45, 7) is 0. The van der Waals surface area contributed by atoms with Gasteiger partial charge in [0, 0.05) is 22.4 Å². The van der Waals surface area contributed by atoms with Crippen molar-refractivity contribution in [3.63, 3.8) is 0 Å². The maximum Gasteiger partial charge on any atom is 0 e. The molecule has 0 unspecified atom stereocenters. The van der Waals surface area contributed by atoms with Crippen LogP contribution in [0.5, 0.6) is 0 Å². The van der Waals surface area contributed by atoms with Crippen molar-refractivity contribution in [3.05, 3.63) is 0 Å². The molecule has 0 rings (SSSR count). The Kier molecular flexibility index (Phi) is 6.35. The number of halogens is 1. The molecule has 0 aliphatic carbocycles. The Labute approximate surface area is 63.7 Å². The second kappa shape index (κ2) is 3.60. The maximum absolute atomic E-state index is 9.09. The van der Waals surface area contributed by atoms with Crippen LogP contribution in [0.25, 0.3) is 0 Å². The van der Waals surface area contributed by atoms with Crippen molar-refractivity contribution in [2.24, 2.45) is 0 Å². The van der Waals surface area contributed by atoms with Gasteiger partial charge >= 0.3 is 0 Å². The van der Waals surface area contributed by atoms with Gasteiger partial charge in [0.25, 0.3) is 0 Å². The molecule has 0 aromatic carbocycles. The molecule has 1 radical (unpaired) electrons. The van der Waals surface area contributed by atoms with E-state index in [0.717, 1.165) is 22.0 Å². The summed E-state index contributed by atoms with van der Waals surface area (Å²) in [5.74, 6) is 0. The molecule has 43 valence electrons. The van der Waals surface area contributed by atoms with E-state index in [1.807, 2.05) is 0 Å². The predicted octanol–water partition coefficient (Wildman–Crippen LogP) is -0.752. The molecule has 0 aromatic rings. The molecule has 0 saturated carbocycles. The fourth-order valence-corrected chi connectivity index (χ4v) is 0. The van der Waals surface area contributed by atoms with E-state index in [4.69, 9.17) is 14.4 Å². The van der Waals surface area contributed by atoms with Gasteiger partial charge in [0.2, 0.25) is 0 Å². The minimum atomic E-state index is -4.17. The SMILES string of the molecule is O=P([O-])([O-])I.[Ag]. The van der Waals surface area contributed by atoms with Crippen molar-refractivity contribution in [1.29, 1.82) is 0 Å². The molecule has 0 heterocycles. The molecule has 0 spiro atoms. The van der Waals surface area contributed by atoms with Crippen LogP contribution in [0.1, 0.15) is 0 Å². The molecule has 0 atom stereocenters. The summed E-state index contributed by atoms with van der Waals surface area (Å²) < 4.78 is 9.09. The van der Waals surface area contributed by atoms with Crippen LogP contribution < -0.4 is 9.79 Å². The first-order chi connectivity index (χ1) is 2.00. The van der Waals surface area contributed by atoms with Crippen LogP contribution in [-0.2, 0) is 26.9 Å². The van der Waals surface area contributed by atoms with Gasteiger partial charge in [0.1, 0.15) is 0 Å². The Morgan fingerprint density at radius 3 is 1.50 bits per heavy atom. The van der Waals surface area contributed by atoms with Crippen molar-refractivity contribution in [2.75, 3.05) is 0 Å². The van der Waals surface area contributed by atoms with E-state index in [-0.39, 0.29) is 22.4 Å². The van der Waals surface area contributed by atoms with Gasteiger partial charge in [-0.05, 0) is 27.3 Å². The van der Waals surface area contributed by atoms with Gasteiger partial charge in [0.15, 0.2) is 0 Å². The van der Waals surface area contributed by atoms with Gasteiger partial charge in [-0.1, -0.05) is 0 Å². The third-order valence-corrected chi connectivity index (χ3v) is 0. The average Bonchev–Trinajstić information content (AvgIpc) is 0.722. The Bertz CT molecular complexity index is 56.9. The first-order valence-electron chi connectivity index (χ1n) is 0.717. The summed E-state index contributed by atoms with van der Waals surface area (Å²) in [7, 11) is 0. The second-order valence-electron chi connectivity index (χ2n) is 0.431. The smallest absolute Gasteiger partial charge is 0 e. The van der Waals surface area contributed by atoms with Gasteiger partial charge in [-0.15, -0.1) is 0 Å². The van der Waals surface area contributed by atoms with E-state index < -0.39 is 5.24 Å². The number of hydrogen-bond acceptors (Lipinski definition) is 3. The molecular formula is AgIO3P-2. The van der Waals surface area contributed by atoms with Crippen LogP contribution in [0.15, 0.2) is 0 Å². The Morgan fingerprint density at radius 1 is 1.50 bits per heavy atom. The Balaban J connectivity index is 0. The summed E-state index contributed by atoms with van der Waals surface area (Å²) in [6.07, 6.45) is 0. The van der Waals surface area contributed by atoms with Crippen molar-refractivity contribution >= 4 is 27.3 Å². The maximum atomic E-state index is 9.09. The fourth-order valence-electron chi connectivity index (χ4n) is 0. The van der Waals surface area contributed by atoms with Gasteiger partial charge in [0.05, 0.1) is 0 Å². The largest absolute Gasteiger partial charge is 0.803 e. The van der Waals surface area contributed by atoms with Crippen LogP contribution >= 0.6 is 27.3 Å². The molecule has 0 aliphatic heterocycles. The van der Waals surface area contributed by atoms with Crippen LogP contribution in [-0.4, -0.2) is 0 Å². The quantitative estimate of drug-likeness (QED) is 0.336. The molecule has 0 fully saturated rings. The molecule has 0 saturated heterocycles. The normalized spacial score (nSPS) is 9.83. The predicted molar refractivity (Wildman–Crippen MR) is 21.6 cm³/mol. The van der Waals surface area contributed by atoms with E-state index >= 15 is 0 Å². The van der Waals surface area contributed by atoms with Crippen LogP contribution in [0.3, 0.4) is 0 Å². The molecule has 0 aromatic heterocycles. The van der Waals surface area contributed by atoms with Crippen LogP contribution in [0.2, 0.25) is 0 Å². The minimum Gasteiger partial charge on any atom is -0.803 e. The first-order valence-corrected chi connectivity index (χ1v) is 5.04. The van der Waals surface area contributed by atoms with E-state index in [1.54, 1.807) is 0 Å². The van der Waals surface area contributed by atoms with Crippen molar-refractivity contribution in [1.82, 2.24) is 0 Å². The molecule has 0 aliphatic rings. The van der Waals surface area contributed by atoms with Crippen LogP contribution in [0.4, 0.5) is 0 Å². The molecular weight excluding hydrogens is 314 g/mol. The van der Waals surface area contributed by atoms with Crippen molar-refractivity contribution in [3.8, 4) is 0 Å². The summed E-state index contributed by atoms with van der Waals surface area (Å²) in [4.78, 5) is 18.2. The molecule has 0 N–H and O–H groups in total. The third kappa shape index (κ3) is 45.7. The fraction of sp³-hybridized carbons (Fsp3) is 0. The molecule has 6 heteroatoms.